The van der Waals surface area contributed by atoms with Crippen LogP contribution in [0.5, 0.6) is 0 Å². The van der Waals surface area contributed by atoms with Gasteiger partial charge in [-0.15, -0.1) is 0 Å². The Hall–Kier alpha value is -7.11. The molecule has 52 heavy (non-hydrogen) atoms. The standard InChI is InChI=1S/C47H27N3O2/c1-2-13-29(14-3-1)47-49-39(27-40(50-47)36-21-11-20-34-32-17-7-9-23-41(32)51-45(34)36)30-24-25-42-37(26-30)43-44(33-19-10-15-28-12-4-5-16-31(28)33)48-38-22-8-6-18-35(38)46(43)52-42/h1-27H. The Kier molecular flexibility index (Phi) is 6.18. The molecule has 5 nitrogen and oxygen atoms in total. The normalized spacial score (nSPS) is 11.8. The van der Waals surface area contributed by atoms with Gasteiger partial charge in [0.1, 0.15) is 22.3 Å². The summed E-state index contributed by atoms with van der Waals surface area (Å²) in [6, 6.07) is 56.0. The number of para-hydroxylation sites is 3. The summed E-state index contributed by atoms with van der Waals surface area (Å²) in [7, 11) is 0. The number of hydrogen-bond donors (Lipinski definition) is 0. The summed E-state index contributed by atoms with van der Waals surface area (Å²) < 4.78 is 13.2. The highest BCUT2D eigenvalue weighted by atomic mass is 16.3. The smallest absolute Gasteiger partial charge is 0.160 e. The average molecular weight is 666 g/mol. The second kappa shape index (κ2) is 11.2. The maximum Gasteiger partial charge on any atom is 0.160 e. The molecular formula is C47H27N3O2. The third-order valence-corrected chi connectivity index (χ3v) is 10.1. The van der Waals surface area contributed by atoms with Crippen LogP contribution in [0.15, 0.2) is 173 Å². The van der Waals surface area contributed by atoms with E-state index in [9.17, 15) is 0 Å². The van der Waals surface area contributed by atoms with Crippen LogP contribution in [0.4, 0.5) is 0 Å². The largest absolute Gasteiger partial charge is 0.455 e. The summed E-state index contributed by atoms with van der Waals surface area (Å²) >= 11 is 0. The molecule has 5 heteroatoms. The SMILES string of the molecule is c1ccc(-c2nc(-c3ccc4oc5c6ccccc6nc(-c6cccc7ccccc67)c5c4c3)cc(-c3cccc4c3oc3ccccc34)n2)cc1. The first kappa shape index (κ1) is 28.7. The Labute approximate surface area is 297 Å². The molecule has 0 fully saturated rings. The molecule has 0 N–H and O–H groups in total. The van der Waals surface area contributed by atoms with Crippen LogP contribution < -0.4 is 0 Å². The number of aromatic nitrogens is 3. The van der Waals surface area contributed by atoms with Crippen LogP contribution in [0.2, 0.25) is 0 Å². The van der Waals surface area contributed by atoms with Gasteiger partial charge in [-0.1, -0.05) is 115 Å². The van der Waals surface area contributed by atoms with Gasteiger partial charge in [-0.05, 0) is 59.3 Å². The Bertz CT molecular complexity index is 3190. The van der Waals surface area contributed by atoms with Crippen LogP contribution in [0.1, 0.15) is 0 Å². The lowest BCUT2D eigenvalue weighted by atomic mass is 9.96. The van der Waals surface area contributed by atoms with Crippen molar-refractivity contribution < 1.29 is 8.83 Å². The first-order chi connectivity index (χ1) is 25.8. The lowest BCUT2D eigenvalue weighted by Crippen LogP contribution is -1.96. The van der Waals surface area contributed by atoms with Crippen molar-refractivity contribution in [3.05, 3.63) is 164 Å². The predicted octanol–water partition coefficient (Wildman–Crippen LogP) is 12.6. The molecule has 7 aromatic carbocycles. The number of furan rings is 2. The minimum Gasteiger partial charge on any atom is -0.455 e. The van der Waals surface area contributed by atoms with Gasteiger partial charge in [0.25, 0.3) is 0 Å². The van der Waals surface area contributed by atoms with Crippen molar-refractivity contribution in [1.29, 1.82) is 0 Å². The summed E-state index contributed by atoms with van der Waals surface area (Å²) in [6.45, 7) is 0. The van der Waals surface area contributed by atoms with Crippen LogP contribution in [0.25, 0.3) is 111 Å². The lowest BCUT2D eigenvalue weighted by Gasteiger charge is -2.11. The number of benzene rings is 7. The quantitative estimate of drug-likeness (QED) is 0.187. The van der Waals surface area contributed by atoms with E-state index in [1.807, 2.05) is 60.7 Å². The van der Waals surface area contributed by atoms with Crippen molar-refractivity contribution in [2.45, 2.75) is 0 Å². The van der Waals surface area contributed by atoms with Crippen molar-refractivity contribution in [3.63, 3.8) is 0 Å². The Morgan fingerprint density at radius 1 is 0.385 bits per heavy atom. The van der Waals surface area contributed by atoms with Gasteiger partial charge in [-0.2, -0.15) is 0 Å². The van der Waals surface area contributed by atoms with Crippen molar-refractivity contribution in [2.75, 3.05) is 0 Å². The Balaban J connectivity index is 1.18. The molecule has 4 aromatic heterocycles. The summed E-state index contributed by atoms with van der Waals surface area (Å²) in [6.07, 6.45) is 0. The topological polar surface area (TPSA) is 65.0 Å². The van der Waals surface area contributed by atoms with E-state index >= 15 is 0 Å². The summed E-state index contributed by atoms with van der Waals surface area (Å²) in [5, 5.41) is 7.39. The molecule has 0 atom stereocenters. The summed E-state index contributed by atoms with van der Waals surface area (Å²) in [5.74, 6) is 0.641. The molecule has 11 aromatic rings. The Morgan fingerprint density at radius 2 is 1.06 bits per heavy atom. The molecule has 0 aliphatic heterocycles. The van der Waals surface area contributed by atoms with Gasteiger partial charge in [-0.25, -0.2) is 15.0 Å². The maximum absolute atomic E-state index is 6.71. The highest BCUT2D eigenvalue weighted by Gasteiger charge is 2.21. The van der Waals surface area contributed by atoms with E-state index in [0.29, 0.717) is 5.82 Å². The predicted molar refractivity (Wildman–Crippen MR) is 211 cm³/mol. The molecule has 0 saturated heterocycles. The third-order valence-electron chi connectivity index (χ3n) is 10.1. The number of hydrogen-bond acceptors (Lipinski definition) is 5. The van der Waals surface area contributed by atoms with E-state index in [4.69, 9.17) is 23.8 Å². The molecular weight excluding hydrogens is 639 g/mol. The minimum absolute atomic E-state index is 0.641. The Morgan fingerprint density at radius 3 is 1.98 bits per heavy atom. The lowest BCUT2D eigenvalue weighted by molar-refractivity contribution is 0.670. The molecule has 242 valence electrons. The van der Waals surface area contributed by atoms with Gasteiger partial charge in [0, 0.05) is 43.8 Å². The third kappa shape index (κ3) is 4.39. The zero-order valence-electron chi connectivity index (χ0n) is 27.7. The van der Waals surface area contributed by atoms with Gasteiger partial charge < -0.3 is 8.83 Å². The molecule has 0 unspecified atom stereocenters. The fraction of sp³-hybridized carbons (Fsp3) is 0. The van der Waals surface area contributed by atoms with E-state index in [1.165, 1.54) is 0 Å². The van der Waals surface area contributed by atoms with Crippen molar-refractivity contribution in [1.82, 2.24) is 15.0 Å². The molecule has 0 bridgehead atoms. The van der Waals surface area contributed by atoms with Crippen LogP contribution >= 0.6 is 0 Å². The molecule has 0 amide bonds. The van der Waals surface area contributed by atoms with Crippen LogP contribution in [-0.4, -0.2) is 15.0 Å². The second-order valence-corrected chi connectivity index (χ2v) is 13.1. The van der Waals surface area contributed by atoms with E-state index in [1.54, 1.807) is 0 Å². The van der Waals surface area contributed by atoms with Crippen LogP contribution in [0.3, 0.4) is 0 Å². The monoisotopic (exact) mass is 665 g/mol. The number of nitrogens with zero attached hydrogens (tertiary/aromatic N) is 3. The van der Waals surface area contributed by atoms with E-state index in [0.717, 1.165) is 105 Å². The number of pyridine rings is 1. The fourth-order valence-electron chi connectivity index (χ4n) is 7.65. The van der Waals surface area contributed by atoms with Crippen LogP contribution in [0, 0.1) is 0 Å². The molecule has 0 radical (unpaired) electrons. The first-order valence-corrected chi connectivity index (χ1v) is 17.4. The summed E-state index contributed by atoms with van der Waals surface area (Å²) in [4.78, 5) is 15.6. The highest BCUT2D eigenvalue weighted by molar-refractivity contribution is 6.21. The molecule has 0 spiro atoms. The summed E-state index contributed by atoms with van der Waals surface area (Å²) in [5.41, 5.74) is 10.5. The van der Waals surface area contributed by atoms with Crippen LogP contribution in [-0.2, 0) is 0 Å². The van der Waals surface area contributed by atoms with E-state index < -0.39 is 0 Å². The van der Waals surface area contributed by atoms with Crippen molar-refractivity contribution in [3.8, 4) is 45.2 Å². The zero-order valence-corrected chi connectivity index (χ0v) is 27.7. The zero-order chi connectivity index (χ0) is 34.2. The molecule has 0 aliphatic carbocycles. The van der Waals surface area contributed by atoms with Crippen molar-refractivity contribution in [2.24, 2.45) is 0 Å². The van der Waals surface area contributed by atoms with Gasteiger partial charge in [0.15, 0.2) is 5.82 Å². The number of rotatable bonds is 4. The second-order valence-electron chi connectivity index (χ2n) is 13.1. The maximum atomic E-state index is 6.71. The van der Waals surface area contributed by atoms with Gasteiger partial charge in [-0.3, -0.25) is 0 Å². The molecule has 4 heterocycles. The molecule has 0 aliphatic rings. The minimum atomic E-state index is 0.641. The van der Waals surface area contributed by atoms with E-state index in [-0.39, 0.29) is 0 Å². The van der Waals surface area contributed by atoms with Gasteiger partial charge in [0.2, 0.25) is 0 Å². The molecule has 0 saturated carbocycles. The average Bonchev–Trinajstić information content (AvgIpc) is 3.79. The number of fused-ring (bicyclic) bond motifs is 9. The molecule has 11 rings (SSSR count). The highest BCUT2D eigenvalue weighted by Crippen LogP contribution is 2.43. The fourth-order valence-corrected chi connectivity index (χ4v) is 7.65. The van der Waals surface area contributed by atoms with Crippen molar-refractivity contribution >= 4 is 65.6 Å². The van der Waals surface area contributed by atoms with Gasteiger partial charge in [0.05, 0.1) is 28.0 Å². The van der Waals surface area contributed by atoms with E-state index in [2.05, 4.69) is 103 Å². The van der Waals surface area contributed by atoms with Gasteiger partial charge >= 0.3 is 0 Å². The first-order valence-electron chi connectivity index (χ1n) is 17.4.